The van der Waals surface area contributed by atoms with Crippen LogP contribution in [0, 0.1) is 0 Å². The highest BCUT2D eigenvalue weighted by atomic mass is 35.5. The molecule has 1 saturated heterocycles. The van der Waals surface area contributed by atoms with Gasteiger partial charge in [0, 0.05) is 31.2 Å². The molecule has 0 unspecified atom stereocenters. The number of carbonyl (C=O) groups is 1. The lowest BCUT2D eigenvalue weighted by molar-refractivity contribution is -0.119. The zero-order valence-corrected chi connectivity index (χ0v) is 11.9. The lowest BCUT2D eigenvalue weighted by Crippen LogP contribution is -2.48. The van der Waals surface area contributed by atoms with E-state index in [4.69, 9.17) is 11.6 Å². The summed E-state index contributed by atoms with van der Waals surface area (Å²) in [5, 5.41) is 0.584. The van der Waals surface area contributed by atoms with Crippen molar-refractivity contribution >= 4 is 28.0 Å². The van der Waals surface area contributed by atoms with E-state index in [-0.39, 0.29) is 5.75 Å². The summed E-state index contributed by atoms with van der Waals surface area (Å²) in [5.41, 5.74) is 0.710. The molecule has 1 fully saturated rings. The number of nitrogens with zero attached hydrogens (tertiary/aromatic N) is 2. The number of rotatable bonds is 4. The molecule has 104 valence electrons. The molecular formula is C12H15ClN2O3S. The topological polar surface area (TPSA) is 57.7 Å². The third kappa shape index (κ3) is 3.68. The SMILES string of the molecule is O=CN1CCN(S(=O)(=O)Cc2ccc(Cl)cc2)CC1. The van der Waals surface area contributed by atoms with E-state index in [1.165, 1.54) is 4.31 Å². The Morgan fingerprint density at radius 2 is 1.68 bits per heavy atom. The van der Waals surface area contributed by atoms with Crippen LogP contribution in [0.3, 0.4) is 0 Å². The molecule has 19 heavy (non-hydrogen) atoms. The minimum atomic E-state index is -3.33. The maximum absolute atomic E-state index is 12.2. The minimum Gasteiger partial charge on any atom is -0.343 e. The number of carbonyl (C=O) groups excluding carboxylic acids is 1. The van der Waals surface area contributed by atoms with Crippen molar-refractivity contribution in [2.75, 3.05) is 26.2 Å². The predicted molar refractivity (Wildman–Crippen MR) is 73.3 cm³/mol. The first-order valence-electron chi connectivity index (χ1n) is 5.93. The molecular weight excluding hydrogens is 288 g/mol. The molecule has 5 nitrogen and oxygen atoms in total. The van der Waals surface area contributed by atoms with Crippen molar-refractivity contribution < 1.29 is 13.2 Å². The zero-order valence-electron chi connectivity index (χ0n) is 10.3. The van der Waals surface area contributed by atoms with Crippen molar-refractivity contribution in [3.05, 3.63) is 34.9 Å². The van der Waals surface area contributed by atoms with Crippen LogP contribution in [0.1, 0.15) is 5.56 Å². The van der Waals surface area contributed by atoms with Gasteiger partial charge in [0.1, 0.15) is 0 Å². The Balaban J connectivity index is 2.02. The molecule has 1 aliphatic rings. The number of amides is 1. The van der Waals surface area contributed by atoms with Crippen LogP contribution in [0.25, 0.3) is 0 Å². The maximum Gasteiger partial charge on any atom is 0.218 e. The van der Waals surface area contributed by atoms with Crippen molar-refractivity contribution in [3.8, 4) is 0 Å². The second-order valence-corrected chi connectivity index (χ2v) is 6.83. The average Bonchev–Trinajstić information content (AvgIpc) is 2.41. The van der Waals surface area contributed by atoms with Crippen molar-refractivity contribution in [3.63, 3.8) is 0 Å². The standard InChI is InChI=1S/C12H15ClN2O3S/c13-12-3-1-11(2-4-12)9-19(17,18)15-7-5-14(10-16)6-8-15/h1-4,10H,5-9H2. The molecule has 0 aromatic heterocycles. The Labute approximate surface area is 117 Å². The van der Waals surface area contributed by atoms with Crippen LogP contribution >= 0.6 is 11.6 Å². The summed E-state index contributed by atoms with van der Waals surface area (Å²) in [6, 6.07) is 6.77. The Morgan fingerprint density at radius 3 is 2.21 bits per heavy atom. The molecule has 1 aromatic rings. The van der Waals surface area contributed by atoms with E-state index >= 15 is 0 Å². The summed E-state index contributed by atoms with van der Waals surface area (Å²) in [4.78, 5) is 12.2. The molecule has 1 aliphatic heterocycles. The van der Waals surface area contributed by atoms with Gasteiger partial charge in [0.25, 0.3) is 0 Å². The van der Waals surface area contributed by atoms with Gasteiger partial charge in [0.15, 0.2) is 0 Å². The van der Waals surface area contributed by atoms with E-state index in [0.29, 0.717) is 36.8 Å². The van der Waals surface area contributed by atoms with Gasteiger partial charge in [0.2, 0.25) is 16.4 Å². The Morgan fingerprint density at radius 1 is 1.11 bits per heavy atom. The minimum absolute atomic E-state index is 0.0365. The highest BCUT2D eigenvalue weighted by Gasteiger charge is 2.26. The molecule has 1 heterocycles. The van der Waals surface area contributed by atoms with Crippen LogP contribution in [-0.4, -0.2) is 50.2 Å². The third-order valence-corrected chi connectivity index (χ3v) is 5.18. The lowest BCUT2D eigenvalue weighted by atomic mass is 10.2. The molecule has 0 spiro atoms. The quantitative estimate of drug-likeness (QED) is 0.778. The number of benzene rings is 1. The second-order valence-electron chi connectivity index (χ2n) is 4.42. The van der Waals surface area contributed by atoms with Crippen molar-refractivity contribution in [2.24, 2.45) is 0 Å². The molecule has 0 aliphatic carbocycles. The van der Waals surface area contributed by atoms with Gasteiger partial charge < -0.3 is 4.90 Å². The highest BCUT2D eigenvalue weighted by molar-refractivity contribution is 7.88. The fourth-order valence-electron chi connectivity index (χ4n) is 1.97. The van der Waals surface area contributed by atoms with Crippen LogP contribution in [0.4, 0.5) is 0 Å². The third-order valence-electron chi connectivity index (χ3n) is 3.08. The Kier molecular flexibility index (Phi) is 4.44. The number of hydrogen-bond donors (Lipinski definition) is 0. The predicted octanol–water partition coefficient (Wildman–Crippen LogP) is 0.944. The number of sulfonamides is 1. The van der Waals surface area contributed by atoms with Crippen LogP contribution < -0.4 is 0 Å². The fourth-order valence-corrected chi connectivity index (χ4v) is 3.61. The van der Waals surface area contributed by atoms with E-state index in [0.717, 1.165) is 6.41 Å². The van der Waals surface area contributed by atoms with Gasteiger partial charge in [-0.3, -0.25) is 4.79 Å². The van der Waals surface area contributed by atoms with E-state index in [9.17, 15) is 13.2 Å². The molecule has 1 amide bonds. The number of piperazine rings is 1. The first-order valence-corrected chi connectivity index (χ1v) is 7.91. The van der Waals surface area contributed by atoms with Gasteiger partial charge in [-0.1, -0.05) is 23.7 Å². The molecule has 0 N–H and O–H groups in total. The van der Waals surface area contributed by atoms with Gasteiger partial charge in [-0.05, 0) is 17.7 Å². The number of halogens is 1. The van der Waals surface area contributed by atoms with Gasteiger partial charge >= 0.3 is 0 Å². The lowest BCUT2D eigenvalue weighted by Gasteiger charge is -2.31. The van der Waals surface area contributed by atoms with Crippen LogP contribution in [-0.2, 0) is 20.6 Å². The molecule has 0 radical (unpaired) electrons. The summed E-state index contributed by atoms with van der Waals surface area (Å²) >= 11 is 5.77. The largest absolute Gasteiger partial charge is 0.343 e. The van der Waals surface area contributed by atoms with Crippen LogP contribution in [0.15, 0.2) is 24.3 Å². The van der Waals surface area contributed by atoms with E-state index in [1.54, 1.807) is 29.2 Å². The molecule has 2 rings (SSSR count). The van der Waals surface area contributed by atoms with Crippen LogP contribution in [0.2, 0.25) is 5.02 Å². The van der Waals surface area contributed by atoms with E-state index < -0.39 is 10.0 Å². The smallest absolute Gasteiger partial charge is 0.218 e. The van der Waals surface area contributed by atoms with Crippen molar-refractivity contribution in [1.29, 1.82) is 0 Å². The molecule has 0 atom stereocenters. The Bertz CT molecular complexity index is 537. The summed E-state index contributed by atoms with van der Waals surface area (Å²) in [6.45, 7) is 1.61. The van der Waals surface area contributed by atoms with Crippen LogP contribution in [0.5, 0.6) is 0 Å². The van der Waals surface area contributed by atoms with Crippen molar-refractivity contribution in [2.45, 2.75) is 5.75 Å². The number of hydrogen-bond acceptors (Lipinski definition) is 3. The van der Waals surface area contributed by atoms with Gasteiger partial charge in [0.05, 0.1) is 5.75 Å². The summed E-state index contributed by atoms with van der Waals surface area (Å²) in [6.07, 6.45) is 0.753. The van der Waals surface area contributed by atoms with E-state index in [2.05, 4.69) is 0 Å². The Hall–Kier alpha value is -1.11. The van der Waals surface area contributed by atoms with E-state index in [1.807, 2.05) is 0 Å². The summed E-state index contributed by atoms with van der Waals surface area (Å²) < 4.78 is 25.9. The normalized spacial score (nSPS) is 17.4. The summed E-state index contributed by atoms with van der Waals surface area (Å²) in [5.74, 6) is -0.0365. The zero-order chi connectivity index (χ0) is 13.9. The van der Waals surface area contributed by atoms with Gasteiger partial charge in [-0.25, -0.2) is 8.42 Å². The summed E-state index contributed by atoms with van der Waals surface area (Å²) in [7, 11) is -3.33. The molecule has 1 aromatic carbocycles. The van der Waals surface area contributed by atoms with Gasteiger partial charge in [-0.15, -0.1) is 0 Å². The van der Waals surface area contributed by atoms with Gasteiger partial charge in [-0.2, -0.15) is 4.31 Å². The fraction of sp³-hybridized carbons (Fsp3) is 0.417. The highest BCUT2D eigenvalue weighted by Crippen LogP contribution is 2.15. The maximum atomic E-state index is 12.2. The molecule has 0 saturated carbocycles. The van der Waals surface area contributed by atoms with Crippen molar-refractivity contribution in [1.82, 2.24) is 9.21 Å². The molecule has 7 heteroatoms. The first kappa shape index (κ1) is 14.3. The first-order chi connectivity index (χ1) is 9.01. The molecule has 0 bridgehead atoms. The second kappa shape index (κ2) is 5.90. The average molecular weight is 303 g/mol. The monoisotopic (exact) mass is 302 g/mol.